The van der Waals surface area contributed by atoms with Crippen molar-refractivity contribution in [1.82, 2.24) is 0 Å². The van der Waals surface area contributed by atoms with Crippen LogP contribution in [0.2, 0.25) is 0 Å². The minimum absolute atomic E-state index is 0.00489. The molecule has 0 fully saturated rings. The number of thioether (sulfide) groups is 1. The lowest BCUT2D eigenvalue weighted by atomic mass is 10.1. The normalized spacial score (nSPS) is 10.6. The van der Waals surface area contributed by atoms with Crippen LogP contribution < -0.4 is 5.32 Å². The number of anilines is 1. The highest BCUT2D eigenvalue weighted by Crippen LogP contribution is 2.27. The van der Waals surface area contributed by atoms with E-state index < -0.39 is 11.9 Å². The van der Waals surface area contributed by atoms with E-state index in [0.717, 1.165) is 61.9 Å². The second-order valence-electron chi connectivity index (χ2n) is 7.11. The quantitative estimate of drug-likeness (QED) is 0.224. The van der Waals surface area contributed by atoms with E-state index in [-0.39, 0.29) is 18.7 Å². The van der Waals surface area contributed by atoms with Crippen molar-refractivity contribution in [2.45, 2.75) is 81.9 Å². The largest absolute Gasteiger partial charge is 0.481 e. The highest BCUT2D eigenvalue weighted by molar-refractivity contribution is 7.99. The molecule has 162 valence electrons. The van der Waals surface area contributed by atoms with Gasteiger partial charge in [0.15, 0.2) is 0 Å². The van der Waals surface area contributed by atoms with Gasteiger partial charge in [0, 0.05) is 23.5 Å². The lowest BCUT2D eigenvalue weighted by Crippen LogP contribution is -2.11. The van der Waals surface area contributed by atoms with Gasteiger partial charge in [-0.25, -0.2) is 0 Å². The summed E-state index contributed by atoms with van der Waals surface area (Å²) in [5.41, 5.74) is 0.746. The number of hydrogen-bond acceptors (Lipinski definition) is 4. The van der Waals surface area contributed by atoms with E-state index in [2.05, 4.69) is 5.32 Å². The van der Waals surface area contributed by atoms with Crippen molar-refractivity contribution in [3.8, 4) is 0 Å². The molecule has 29 heavy (non-hydrogen) atoms. The molecule has 0 saturated carbocycles. The van der Waals surface area contributed by atoms with E-state index >= 15 is 0 Å². The number of carbonyl (C=O) groups is 3. The summed E-state index contributed by atoms with van der Waals surface area (Å²) in [6.07, 6.45) is 10.2. The van der Waals surface area contributed by atoms with Crippen LogP contribution in [0.15, 0.2) is 29.2 Å². The molecular weight excluding hydrogens is 390 g/mol. The van der Waals surface area contributed by atoms with Crippen molar-refractivity contribution < 1.29 is 24.6 Å². The molecule has 3 N–H and O–H groups in total. The fraction of sp³-hybridized carbons (Fsp3) is 0.591. The Bertz CT molecular complexity index is 635. The first-order chi connectivity index (χ1) is 14.0. The first kappa shape index (κ1) is 25.0. The second kappa shape index (κ2) is 15.9. The Kier molecular flexibility index (Phi) is 13.7. The lowest BCUT2D eigenvalue weighted by Gasteiger charge is -2.10. The first-order valence-corrected chi connectivity index (χ1v) is 11.4. The molecule has 0 aromatic heterocycles. The average Bonchev–Trinajstić information content (AvgIpc) is 2.67. The van der Waals surface area contributed by atoms with Gasteiger partial charge in [-0.05, 0) is 25.0 Å². The molecular formula is C22H33NO5S. The molecule has 1 aromatic carbocycles. The van der Waals surface area contributed by atoms with E-state index in [1.165, 1.54) is 18.2 Å². The highest BCUT2D eigenvalue weighted by Gasteiger charge is 2.08. The fourth-order valence-electron chi connectivity index (χ4n) is 2.96. The van der Waals surface area contributed by atoms with E-state index in [1.54, 1.807) is 0 Å². The number of amides is 1. The highest BCUT2D eigenvalue weighted by atomic mass is 32.2. The van der Waals surface area contributed by atoms with Crippen molar-refractivity contribution in [3.63, 3.8) is 0 Å². The van der Waals surface area contributed by atoms with Crippen LogP contribution in [-0.4, -0.2) is 33.8 Å². The maximum Gasteiger partial charge on any atom is 0.304 e. The van der Waals surface area contributed by atoms with Crippen LogP contribution in [0, 0.1) is 0 Å². The molecule has 0 radical (unpaired) electrons. The molecule has 0 aliphatic carbocycles. The monoisotopic (exact) mass is 423 g/mol. The Morgan fingerprint density at radius 2 is 1.24 bits per heavy atom. The molecule has 0 aliphatic heterocycles. The number of unbranched alkanes of at least 4 members (excludes halogenated alkanes) is 8. The smallest absolute Gasteiger partial charge is 0.304 e. The predicted molar refractivity (Wildman–Crippen MR) is 116 cm³/mol. The zero-order chi connectivity index (χ0) is 21.3. The number of aliphatic carboxylic acids is 2. The van der Waals surface area contributed by atoms with E-state index in [4.69, 9.17) is 10.2 Å². The summed E-state index contributed by atoms with van der Waals surface area (Å²) in [5.74, 6) is -1.07. The number of para-hydroxylation sites is 1. The summed E-state index contributed by atoms with van der Waals surface area (Å²) in [6, 6.07) is 7.48. The minimum atomic E-state index is -0.822. The van der Waals surface area contributed by atoms with Crippen molar-refractivity contribution in [3.05, 3.63) is 24.3 Å². The molecule has 0 bridgehead atoms. The number of nitrogens with one attached hydrogen (secondary N) is 1. The van der Waals surface area contributed by atoms with Crippen molar-refractivity contribution in [1.29, 1.82) is 0 Å². The van der Waals surface area contributed by atoms with Gasteiger partial charge in [-0.2, -0.15) is 0 Å². The molecule has 0 atom stereocenters. The summed E-state index contributed by atoms with van der Waals surface area (Å²) >= 11 is 1.44. The molecule has 1 aromatic rings. The third-order valence-electron chi connectivity index (χ3n) is 4.53. The summed E-state index contributed by atoms with van der Waals surface area (Å²) in [5, 5.41) is 20.3. The van der Waals surface area contributed by atoms with Gasteiger partial charge < -0.3 is 15.5 Å². The standard InChI is InChI=1S/C22H33NO5S/c24-20(14-8-6-4-2-1-3-5-7-9-15-21(25)26)23-18-12-10-11-13-19(18)29-17-16-22(27)28/h10-13H,1-9,14-17H2,(H,23,24)(H,25,26)(H,27,28). The van der Waals surface area contributed by atoms with Gasteiger partial charge in [0.2, 0.25) is 5.91 Å². The van der Waals surface area contributed by atoms with Gasteiger partial charge in [-0.15, -0.1) is 11.8 Å². The van der Waals surface area contributed by atoms with Crippen LogP contribution in [0.25, 0.3) is 0 Å². The van der Waals surface area contributed by atoms with E-state index in [9.17, 15) is 14.4 Å². The molecule has 0 aliphatic rings. The number of hydrogen-bond donors (Lipinski definition) is 3. The second-order valence-corrected chi connectivity index (χ2v) is 8.25. The zero-order valence-electron chi connectivity index (χ0n) is 17.0. The molecule has 1 rings (SSSR count). The maximum atomic E-state index is 12.2. The third-order valence-corrected chi connectivity index (χ3v) is 5.60. The molecule has 0 spiro atoms. The van der Waals surface area contributed by atoms with Crippen molar-refractivity contribution in [2.24, 2.45) is 0 Å². The maximum absolute atomic E-state index is 12.2. The first-order valence-electron chi connectivity index (χ1n) is 10.4. The number of carbonyl (C=O) groups excluding carboxylic acids is 1. The minimum Gasteiger partial charge on any atom is -0.481 e. The van der Waals surface area contributed by atoms with Gasteiger partial charge in [0.25, 0.3) is 0 Å². The van der Waals surface area contributed by atoms with Gasteiger partial charge in [0.1, 0.15) is 0 Å². The average molecular weight is 424 g/mol. The van der Waals surface area contributed by atoms with Gasteiger partial charge in [0.05, 0.1) is 12.1 Å². The Labute approximate surface area is 177 Å². The van der Waals surface area contributed by atoms with Gasteiger partial charge in [-0.1, -0.05) is 57.1 Å². The van der Waals surface area contributed by atoms with E-state index in [0.29, 0.717) is 12.2 Å². The summed E-state index contributed by atoms with van der Waals surface area (Å²) < 4.78 is 0. The van der Waals surface area contributed by atoms with Crippen LogP contribution in [0.4, 0.5) is 5.69 Å². The van der Waals surface area contributed by atoms with Crippen LogP contribution in [0.5, 0.6) is 0 Å². The van der Waals surface area contributed by atoms with Crippen molar-refractivity contribution in [2.75, 3.05) is 11.1 Å². The summed E-state index contributed by atoms with van der Waals surface area (Å²) in [7, 11) is 0. The SMILES string of the molecule is O=C(O)CCCCCCCCCCCC(=O)Nc1ccccc1SCCC(=O)O. The van der Waals surface area contributed by atoms with Crippen LogP contribution in [-0.2, 0) is 14.4 Å². The molecule has 6 nitrogen and oxygen atoms in total. The van der Waals surface area contributed by atoms with Crippen LogP contribution in [0.1, 0.15) is 77.0 Å². The summed E-state index contributed by atoms with van der Waals surface area (Å²) in [6.45, 7) is 0. The molecule has 0 heterocycles. The Morgan fingerprint density at radius 3 is 1.83 bits per heavy atom. The van der Waals surface area contributed by atoms with Crippen LogP contribution in [0.3, 0.4) is 0 Å². The fourth-order valence-corrected chi connectivity index (χ4v) is 3.90. The molecule has 0 saturated heterocycles. The predicted octanol–water partition coefficient (Wildman–Crippen LogP) is 5.57. The zero-order valence-corrected chi connectivity index (χ0v) is 17.8. The molecule has 0 unspecified atom stereocenters. The Balaban J connectivity index is 2.09. The summed E-state index contributed by atoms with van der Waals surface area (Å²) in [4.78, 5) is 34.1. The van der Waals surface area contributed by atoms with Gasteiger partial charge in [-0.3, -0.25) is 14.4 Å². The number of benzene rings is 1. The van der Waals surface area contributed by atoms with E-state index in [1.807, 2.05) is 24.3 Å². The molecule has 1 amide bonds. The van der Waals surface area contributed by atoms with Crippen molar-refractivity contribution >= 4 is 35.3 Å². The lowest BCUT2D eigenvalue weighted by molar-refractivity contribution is -0.137. The molecule has 7 heteroatoms. The van der Waals surface area contributed by atoms with Gasteiger partial charge >= 0.3 is 11.9 Å². The number of carboxylic acids is 2. The Morgan fingerprint density at radius 1 is 0.724 bits per heavy atom. The number of carboxylic acid groups (broad SMARTS) is 2. The topological polar surface area (TPSA) is 104 Å². The van der Waals surface area contributed by atoms with Crippen LogP contribution >= 0.6 is 11.8 Å². The third kappa shape index (κ3) is 13.7. The number of rotatable bonds is 17. The Hall–Kier alpha value is -2.02.